The molecule has 72 valence electrons. The van der Waals surface area contributed by atoms with Crippen LogP contribution in [-0.4, -0.2) is 22.0 Å². The number of hydrogen-bond acceptors (Lipinski definition) is 3. The van der Waals surface area contributed by atoms with Gasteiger partial charge in [-0.1, -0.05) is 29.8 Å². The number of nitrogens with one attached hydrogen (secondary N) is 1. The summed E-state index contributed by atoms with van der Waals surface area (Å²) in [6, 6.07) is 9.61. The number of rotatable bonds is 2. The van der Waals surface area contributed by atoms with Crippen LogP contribution in [0.2, 0.25) is 5.15 Å². The average Bonchev–Trinajstić information content (AvgIpc) is 2.61. The van der Waals surface area contributed by atoms with E-state index >= 15 is 0 Å². The summed E-state index contributed by atoms with van der Waals surface area (Å²) in [5.74, 6) is 0.579. The number of nitrogens with zero attached hydrogens (tertiary/aromatic N) is 3. The molecule has 0 amide bonds. The molecule has 0 aliphatic heterocycles. The maximum Gasteiger partial charge on any atom is 0.195 e. The summed E-state index contributed by atoms with van der Waals surface area (Å²) in [5.41, 5.74) is 0.885. The molecule has 1 N–H and O–H groups in total. The fraction of sp³-hybridized carbons (Fsp3) is 0.111. The van der Waals surface area contributed by atoms with Gasteiger partial charge in [-0.25, -0.2) is 0 Å². The Morgan fingerprint density at radius 3 is 2.50 bits per heavy atom. The minimum atomic E-state index is 0.372. The Hall–Kier alpha value is -1.55. The molecule has 0 aliphatic carbocycles. The molecule has 0 saturated carbocycles. The lowest BCUT2D eigenvalue weighted by Crippen LogP contribution is -1.98. The van der Waals surface area contributed by atoms with Crippen LogP contribution in [-0.2, 0) is 0 Å². The Kier molecular flexibility index (Phi) is 2.37. The topological polar surface area (TPSA) is 42.7 Å². The molecule has 2 rings (SSSR count). The summed E-state index contributed by atoms with van der Waals surface area (Å²) in [7, 11) is 1.76. The molecular weight excluding hydrogens is 200 g/mol. The quantitative estimate of drug-likeness (QED) is 0.821. The largest absolute Gasteiger partial charge is 0.369 e. The normalized spacial score (nSPS) is 10.1. The molecule has 0 fully saturated rings. The third kappa shape index (κ3) is 1.56. The molecule has 0 saturated heterocycles. The predicted molar refractivity (Wildman–Crippen MR) is 55.9 cm³/mol. The lowest BCUT2D eigenvalue weighted by atomic mass is 10.3. The van der Waals surface area contributed by atoms with E-state index in [4.69, 9.17) is 11.6 Å². The van der Waals surface area contributed by atoms with Gasteiger partial charge in [0.1, 0.15) is 0 Å². The first-order valence-electron chi connectivity index (χ1n) is 4.17. The first-order valence-corrected chi connectivity index (χ1v) is 4.55. The molecule has 0 unspecified atom stereocenters. The van der Waals surface area contributed by atoms with E-state index in [1.54, 1.807) is 7.05 Å². The van der Waals surface area contributed by atoms with Crippen LogP contribution in [0.15, 0.2) is 30.3 Å². The average molecular weight is 209 g/mol. The van der Waals surface area contributed by atoms with E-state index in [0.717, 1.165) is 5.69 Å². The van der Waals surface area contributed by atoms with Gasteiger partial charge < -0.3 is 5.32 Å². The minimum absolute atomic E-state index is 0.372. The van der Waals surface area contributed by atoms with Gasteiger partial charge in [-0.2, -0.15) is 0 Å². The van der Waals surface area contributed by atoms with Gasteiger partial charge in [0.25, 0.3) is 0 Å². The highest BCUT2D eigenvalue weighted by Gasteiger charge is 2.07. The molecule has 0 aliphatic rings. The summed E-state index contributed by atoms with van der Waals surface area (Å²) in [6.45, 7) is 0. The molecule has 14 heavy (non-hydrogen) atoms. The molecule has 0 bridgehead atoms. The van der Waals surface area contributed by atoms with Gasteiger partial charge in [-0.15, -0.1) is 15.0 Å². The number of benzene rings is 1. The zero-order valence-electron chi connectivity index (χ0n) is 7.61. The van der Waals surface area contributed by atoms with Crippen LogP contribution in [0, 0.1) is 0 Å². The van der Waals surface area contributed by atoms with Crippen molar-refractivity contribution >= 4 is 17.4 Å². The van der Waals surface area contributed by atoms with Crippen molar-refractivity contribution in [3.63, 3.8) is 0 Å². The van der Waals surface area contributed by atoms with E-state index in [1.165, 1.54) is 4.80 Å². The molecule has 4 nitrogen and oxygen atoms in total. The molecule has 0 atom stereocenters. The van der Waals surface area contributed by atoms with Gasteiger partial charge in [0.15, 0.2) is 11.0 Å². The van der Waals surface area contributed by atoms with Gasteiger partial charge in [0, 0.05) is 7.05 Å². The van der Waals surface area contributed by atoms with Crippen molar-refractivity contribution in [1.29, 1.82) is 0 Å². The Labute approximate surface area is 86.5 Å². The second-order valence-corrected chi connectivity index (χ2v) is 3.07. The molecule has 2 aromatic rings. The second kappa shape index (κ2) is 3.67. The van der Waals surface area contributed by atoms with Crippen LogP contribution in [0.3, 0.4) is 0 Å². The van der Waals surface area contributed by atoms with Crippen molar-refractivity contribution in [1.82, 2.24) is 15.0 Å². The molecule has 0 radical (unpaired) electrons. The number of halogens is 1. The summed E-state index contributed by atoms with van der Waals surface area (Å²) in [5, 5.41) is 11.5. The number of hydrogen-bond donors (Lipinski definition) is 1. The number of para-hydroxylation sites is 1. The van der Waals surface area contributed by atoms with Crippen molar-refractivity contribution in [3.05, 3.63) is 35.5 Å². The maximum absolute atomic E-state index is 5.84. The van der Waals surface area contributed by atoms with Crippen LogP contribution in [0.1, 0.15) is 0 Å². The van der Waals surface area contributed by atoms with E-state index in [0.29, 0.717) is 11.0 Å². The highest BCUT2D eigenvalue weighted by atomic mass is 35.5. The number of anilines is 1. The Morgan fingerprint density at radius 2 is 1.93 bits per heavy atom. The molecule has 5 heteroatoms. The summed E-state index contributed by atoms with van der Waals surface area (Å²) >= 11 is 5.84. The zero-order valence-corrected chi connectivity index (χ0v) is 8.36. The lowest BCUT2D eigenvalue weighted by molar-refractivity contribution is 0.754. The van der Waals surface area contributed by atoms with E-state index in [1.807, 2.05) is 30.3 Å². The van der Waals surface area contributed by atoms with Gasteiger partial charge in [0.2, 0.25) is 0 Å². The minimum Gasteiger partial charge on any atom is -0.369 e. The summed E-state index contributed by atoms with van der Waals surface area (Å²) in [6.07, 6.45) is 0. The van der Waals surface area contributed by atoms with Gasteiger partial charge in [0.05, 0.1) is 5.69 Å². The first-order chi connectivity index (χ1) is 6.81. The van der Waals surface area contributed by atoms with Crippen LogP contribution in [0.25, 0.3) is 5.69 Å². The van der Waals surface area contributed by atoms with Crippen LogP contribution >= 0.6 is 11.6 Å². The first kappa shape index (κ1) is 9.02. The number of aromatic nitrogens is 3. The van der Waals surface area contributed by atoms with Gasteiger partial charge in [-0.05, 0) is 12.1 Å². The Balaban J connectivity index is 2.43. The maximum atomic E-state index is 5.84. The summed E-state index contributed by atoms with van der Waals surface area (Å²) in [4.78, 5) is 1.49. The van der Waals surface area contributed by atoms with E-state index in [9.17, 15) is 0 Å². The van der Waals surface area contributed by atoms with Crippen LogP contribution in [0.5, 0.6) is 0 Å². The summed E-state index contributed by atoms with van der Waals surface area (Å²) < 4.78 is 0. The van der Waals surface area contributed by atoms with Gasteiger partial charge >= 0.3 is 0 Å². The van der Waals surface area contributed by atoms with Gasteiger partial charge in [-0.3, -0.25) is 0 Å². The van der Waals surface area contributed by atoms with Crippen LogP contribution < -0.4 is 5.32 Å². The van der Waals surface area contributed by atoms with Crippen LogP contribution in [0.4, 0.5) is 5.82 Å². The van der Waals surface area contributed by atoms with E-state index in [-0.39, 0.29) is 0 Å². The highest BCUT2D eigenvalue weighted by molar-refractivity contribution is 6.31. The van der Waals surface area contributed by atoms with Crippen molar-refractivity contribution in [2.75, 3.05) is 12.4 Å². The predicted octanol–water partition coefficient (Wildman–Crippen LogP) is 1.96. The second-order valence-electron chi connectivity index (χ2n) is 2.71. The van der Waals surface area contributed by atoms with E-state index < -0.39 is 0 Å². The monoisotopic (exact) mass is 208 g/mol. The zero-order chi connectivity index (χ0) is 9.97. The fourth-order valence-electron chi connectivity index (χ4n) is 1.12. The Bertz CT molecular complexity index is 424. The van der Waals surface area contributed by atoms with Crippen molar-refractivity contribution in [2.24, 2.45) is 0 Å². The third-order valence-corrected chi connectivity index (χ3v) is 2.05. The molecular formula is C9H9ClN4. The smallest absolute Gasteiger partial charge is 0.195 e. The van der Waals surface area contributed by atoms with Crippen molar-refractivity contribution in [2.45, 2.75) is 0 Å². The SMILES string of the molecule is CNc1nn(-c2ccccc2)nc1Cl. The standard InChI is InChI=1S/C9H9ClN4/c1-11-9-8(10)12-14(13-9)7-5-3-2-4-6-7/h2-6H,1H3,(H,11,13). The third-order valence-electron chi connectivity index (χ3n) is 1.80. The highest BCUT2D eigenvalue weighted by Crippen LogP contribution is 2.16. The molecule has 1 heterocycles. The molecule has 1 aromatic heterocycles. The van der Waals surface area contributed by atoms with E-state index in [2.05, 4.69) is 15.5 Å². The molecule has 0 spiro atoms. The fourth-order valence-corrected chi connectivity index (χ4v) is 1.32. The Morgan fingerprint density at radius 1 is 1.21 bits per heavy atom. The lowest BCUT2D eigenvalue weighted by Gasteiger charge is -1.96. The molecule has 1 aromatic carbocycles. The van der Waals surface area contributed by atoms with Crippen molar-refractivity contribution in [3.8, 4) is 5.69 Å². The van der Waals surface area contributed by atoms with Crippen molar-refractivity contribution < 1.29 is 0 Å².